The first-order chi connectivity index (χ1) is 13.6. The van der Waals surface area contributed by atoms with E-state index in [0.717, 1.165) is 18.4 Å². The average Bonchev–Trinajstić information content (AvgIpc) is 2.98. The fourth-order valence-corrected chi connectivity index (χ4v) is 5.91. The van der Waals surface area contributed by atoms with Gasteiger partial charge in [-0.05, 0) is 61.2 Å². The SMILES string of the molecule is C=C1CCC[C@@H]2[C@@](C)(C/C=C3/C[C@H](OC(C)=O)O[C@@H]3OC(C)=O)[C@H](C)CC[C@@]12C. The molecule has 3 fully saturated rings. The Balaban J connectivity index is 1.83. The van der Waals surface area contributed by atoms with E-state index < -0.39 is 24.5 Å². The van der Waals surface area contributed by atoms with Crippen molar-refractivity contribution in [3.8, 4) is 0 Å². The molecule has 162 valence electrons. The van der Waals surface area contributed by atoms with Gasteiger partial charge < -0.3 is 9.47 Å². The smallest absolute Gasteiger partial charge is 0.305 e. The van der Waals surface area contributed by atoms with Crippen molar-refractivity contribution < 1.29 is 23.8 Å². The zero-order valence-corrected chi connectivity index (χ0v) is 18.6. The lowest BCUT2D eigenvalue weighted by Gasteiger charge is -2.58. The Kier molecular flexibility index (Phi) is 6.28. The molecule has 1 heterocycles. The van der Waals surface area contributed by atoms with Crippen LogP contribution in [-0.4, -0.2) is 24.5 Å². The number of esters is 2. The molecule has 0 aromatic heterocycles. The van der Waals surface area contributed by atoms with Gasteiger partial charge in [-0.2, -0.15) is 0 Å². The molecule has 0 aromatic carbocycles. The van der Waals surface area contributed by atoms with E-state index in [-0.39, 0.29) is 10.8 Å². The summed E-state index contributed by atoms with van der Waals surface area (Å²) >= 11 is 0. The summed E-state index contributed by atoms with van der Waals surface area (Å²) in [5, 5.41) is 0. The van der Waals surface area contributed by atoms with Gasteiger partial charge in [-0.15, -0.1) is 0 Å². The fourth-order valence-electron chi connectivity index (χ4n) is 5.91. The summed E-state index contributed by atoms with van der Waals surface area (Å²) in [6, 6.07) is 0. The van der Waals surface area contributed by atoms with E-state index in [2.05, 4.69) is 33.4 Å². The van der Waals surface area contributed by atoms with Crippen LogP contribution in [0.25, 0.3) is 0 Å². The van der Waals surface area contributed by atoms with Gasteiger partial charge in [-0.1, -0.05) is 39.0 Å². The van der Waals surface area contributed by atoms with Gasteiger partial charge in [0.05, 0.1) is 0 Å². The lowest BCUT2D eigenvalue weighted by molar-refractivity contribution is -0.204. The number of hydrogen-bond donors (Lipinski definition) is 0. The molecule has 1 aliphatic heterocycles. The summed E-state index contributed by atoms with van der Waals surface area (Å²) in [7, 11) is 0. The maximum absolute atomic E-state index is 11.5. The third-order valence-corrected chi connectivity index (χ3v) is 7.92. The molecule has 6 atom stereocenters. The predicted molar refractivity (Wildman–Crippen MR) is 111 cm³/mol. The monoisotopic (exact) mass is 404 g/mol. The van der Waals surface area contributed by atoms with Gasteiger partial charge in [0.1, 0.15) is 0 Å². The Morgan fingerprint density at radius 3 is 2.55 bits per heavy atom. The molecule has 5 nitrogen and oxygen atoms in total. The Morgan fingerprint density at radius 1 is 1.21 bits per heavy atom. The van der Waals surface area contributed by atoms with Gasteiger partial charge in [-0.3, -0.25) is 14.3 Å². The summed E-state index contributed by atoms with van der Waals surface area (Å²) in [4.78, 5) is 22.8. The highest BCUT2D eigenvalue weighted by atomic mass is 16.8. The van der Waals surface area contributed by atoms with E-state index in [1.54, 1.807) is 0 Å². The molecule has 3 aliphatic rings. The molecule has 0 N–H and O–H groups in total. The summed E-state index contributed by atoms with van der Waals surface area (Å²) in [6.45, 7) is 14.3. The molecule has 1 saturated heterocycles. The first kappa shape index (κ1) is 22.1. The molecule has 5 heteroatoms. The van der Waals surface area contributed by atoms with Gasteiger partial charge in [0, 0.05) is 25.8 Å². The van der Waals surface area contributed by atoms with Crippen LogP contribution in [0, 0.1) is 22.7 Å². The zero-order chi connectivity index (χ0) is 21.4. The standard InChI is InChI=1S/C24H36O5/c1-15-8-7-9-20-23(15,5)12-10-16(2)24(20,6)13-11-19-14-21(27-17(3)25)29-22(19)28-18(4)26/h11,16,20-22H,1,7-10,12-14H2,2-6H3/b19-11-/t16-,20+,21-,22+,23+,24+/m1/s1. The third kappa shape index (κ3) is 4.30. The highest BCUT2D eigenvalue weighted by Gasteiger charge is 2.53. The van der Waals surface area contributed by atoms with Gasteiger partial charge in [0.15, 0.2) is 0 Å². The lowest BCUT2D eigenvalue weighted by atomic mass is 9.46. The molecule has 0 amide bonds. The number of hydrogen-bond acceptors (Lipinski definition) is 5. The van der Waals surface area contributed by atoms with Crippen LogP contribution >= 0.6 is 0 Å². The van der Waals surface area contributed by atoms with Crippen LogP contribution in [0.4, 0.5) is 0 Å². The largest absolute Gasteiger partial charge is 0.435 e. The van der Waals surface area contributed by atoms with Crippen molar-refractivity contribution in [3.63, 3.8) is 0 Å². The minimum absolute atomic E-state index is 0.143. The van der Waals surface area contributed by atoms with E-state index in [1.807, 2.05) is 0 Å². The van der Waals surface area contributed by atoms with Crippen molar-refractivity contribution in [2.45, 2.75) is 92.1 Å². The normalized spacial score (nSPS) is 41.1. The van der Waals surface area contributed by atoms with Crippen LogP contribution in [0.15, 0.2) is 23.8 Å². The number of fused-ring (bicyclic) bond motifs is 1. The number of carbonyl (C=O) groups excluding carboxylic acids is 2. The van der Waals surface area contributed by atoms with Crippen molar-refractivity contribution in [1.29, 1.82) is 0 Å². The lowest BCUT2D eigenvalue weighted by Crippen LogP contribution is -2.50. The first-order valence-electron chi connectivity index (χ1n) is 10.9. The maximum atomic E-state index is 11.5. The topological polar surface area (TPSA) is 61.8 Å². The second-order valence-corrected chi connectivity index (χ2v) is 9.72. The van der Waals surface area contributed by atoms with Gasteiger partial charge in [0.25, 0.3) is 0 Å². The fraction of sp³-hybridized carbons (Fsp3) is 0.750. The predicted octanol–water partition coefficient (Wildman–Crippen LogP) is 5.30. The molecule has 3 rings (SSSR count). The zero-order valence-electron chi connectivity index (χ0n) is 18.6. The number of carbonyl (C=O) groups is 2. The van der Waals surface area contributed by atoms with E-state index in [4.69, 9.17) is 14.2 Å². The number of rotatable bonds is 4. The third-order valence-electron chi connectivity index (χ3n) is 7.92. The molecule has 0 bridgehead atoms. The Morgan fingerprint density at radius 2 is 1.90 bits per heavy atom. The Hall–Kier alpha value is -1.62. The van der Waals surface area contributed by atoms with E-state index >= 15 is 0 Å². The highest BCUT2D eigenvalue weighted by molar-refractivity contribution is 5.67. The van der Waals surface area contributed by atoms with Crippen molar-refractivity contribution in [2.75, 3.05) is 0 Å². The van der Waals surface area contributed by atoms with Crippen LogP contribution in [0.5, 0.6) is 0 Å². The van der Waals surface area contributed by atoms with Crippen molar-refractivity contribution in [3.05, 3.63) is 23.8 Å². The highest BCUT2D eigenvalue weighted by Crippen LogP contribution is 2.62. The quantitative estimate of drug-likeness (QED) is 0.470. The Labute approximate surface area is 174 Å². The number of allylic oxidation sites excluding steroid dienone is 2. The molecule has 2 aliphatic carbocycles. The molecular weight excluding hydrogens is 368 g/mol. The molecule has 29 heavy (non-hydrogen) atoms. The summed E-state index contributed by atoms with van der Waals surface area (Å²) in [6.07, 6.45) is 8.06. The van der Waals surface area contributed by atoms with Crippen LogP contribution in [-0.2, 0) is 23.8 Å². The minimum atomic E-state index is -0.771. The molecule has 0 unspecified atom stereocenters. The first-order valence-corrected chi connectivity index (χ1v) is 10.9. The van der Waals surface area contributed by atoms with Gasteiger partial charge >= 0.3 is 11.9 Å². The summed E-state index contributed by atoms with van der Waals surface area (Å²) in [5.41, 5.74) is 2.65. The second-order valence-electron chi connectivity index (χ2n) is 9.72. The maximum Gasteiger partial charge on any atom is 0.305 e. The van der Waals surface area contributed by atoms with Crippen molar-refractivity contribution in [2.24, 2.45) is 22.7 Å². The van der Waals surface area contributed by atoms with Crippen molar-refractivity contribution in [1.82, 2.24) is 0 Å². The molecular formula is C24H36O5. The van der Waals surface area contributed by atoms with Crippen LogP contribution in [0.1, 0.15) is 79.6 Å². The van der Waals surface area contributed by atoms with Crippen LogP contribution in [0.3, 0.4) is 0 Å². The van der Waals surface area contributed by atoms with Crippen molar-refractivity contribution >= 4 is 11.9 Å². The molecule has 2 saturated carbocycles. The van der Waals surface area contributed by atoms with E-state index in [0.29, 0.717) is 18.3 Å². The summed E-state index contributed by atoms with van der Waals surface area (Å²) in [5.74, 6) is 0.387. The molecule has 0 aromatic rings. The van der Waals surface area contributed by atoms with Crippen LogP contribution < -0.4 is 0 Å². The minimum Gasteiger partial charge on any atom is -0.435 e. The average molecular weight is 405 g/mol. The molecule has 0 radical (unpaired) electrons. The van der Waals surface area contributed by atoms with Gasteiger partial charge in [-0.25, -0.2) is 0 Å². The van der Waals surface area contributed by atoms with E-state index in [1.165, 1.54) is 45.1 Å². The molecule has 0 spiro atoms. The number of ether oxygens (including phenoxy) is 3. The summed E-state index contributed by atoms with van der Waals surface area (Å²) < 4.78 is 16.2. The second kappa shape index (κ2) is 8.25. The Bertz CT molecular complexity index is 710. The van der Waals surface area contributed by atoms with Crippen LogP contribution in [0.2, 0.25) is 0 Å². The van der Waals surface area contributed by atoms with E-state index in [9.17, 15) is 9.59 Å². The van der Waals surface area contributed by atoms with Gasteiger partial charge in [0.2, 0.25) is 12.6 Å².